The number of hydrogen-bond donors (Lipinski definition) is 1. The highest BCUT2D eigenvalue weighted by Gasteiger charge is 2.41. The molecule has 0 aromatic heterocycles. The quantitative estimate of drug-likeness (QED) is 0.765. The molecule has 2 aromatic rings. The number of hydrogen-bond acceptors (Lipinski definition) is 3. The molecule has 0 radical (unpaired) electrons. The standard InChI is InChI=1S/C23H28O3/c1-3-4-12-21-18(2)9-8-13-22(21)23(24)15-14-20(26-23)17-25-16-19-10-6-5-7-11-19/h4-13,20,24H,3,14-17H2,1-2H3/b12-4-. The first-order valence-electron chi connectivity index (χ1n) is 9.41. The molecule has 2 atom stereocenters. The van der Waals surface area contributed by atoms with Crippen LogP contribution in [0.2, 0.25) is 0 Å². The zero-order valence-electron chi connectivity index (χ0n) is 15.7. The zero-order chi connectivity index (χ0) is 18.4. The van der Waals surface area contributed by atoms with Crippen LogP contribution in [0.5, 0.6) is 0 Å². The maximum atomic E-state index is 11.1. The molecule has 1 saturated heterocycles. The summed E-state index contributed by atoms with van der Waals surface area (Å²) in [5.74, 6) is -1.24. The molecular weight excluding hydrogens is 324 g/mol. The second kappa shape index (κ2) is 8.63. The number of aryl methyl sites for hydroxylation is 1. The van der Waals surface area contributed by atoms with Gasteiger partial charge < -0.3 is 14.6 Å². The molecule has 1 aliphatic heterocycles. The van der Waals surface area contributed by atoms with E-state index in [1.165, 1.54) is 0 Å². The third-order valence-corrected chi connectivity index (χ3v) is 4.85. The Morgan fingerprint density at radius 3 is 2.77 bits per heavy atom. The molecule has 0 spiro atoms. The van der Waals surface area contributed by atoms with E-state index >= 15 is 0 Å². The molecule has 3 nitrogen and oxygen atoms in total. The number of ether oxygens (including phenoxy) is 2. The van der Waals surface area contributed by atoms with Gasteiger partial charge in [0.25, 0.3) is 0 Å². The average Bonchev–Trinajstić information content (AvgIpc) is 3.04. The molecular formula is C23H28O3. The maximum absolute atomic E-state index is 11.1. The fourth-order valence-electron chi connectivity index (χ4n) is 3.43. The van der Waals surface area contributed by atoms with Crippen LogP contribution in [0.25, 0.3) is 6.08 Å². The first-order chi connectivity index (χ1) is 12.6. The van der Waals surface area contributed by atoms with E-state index in [1.807, 2.05) is 42.5 Å². The Morgan fingerprint density at radius 1 is 1.19 bits per heavy atom. The Kier molecular flexibility index (Phi) is 6.25. The van der Waals surface area contributed by atoms with E-state index in [0.29, 0.717) is 19.6 Å². The van der Waals surface area contributed by atoms with E-state index in [2.05, 4.69) is 32.1 Å². The minimum absolute atomic E-state index is 0.0905. The number of aliphatic hydroxyl groups is 1. The molecule has 1 N–H and O–H groups in total. The number of allylic oxidation sites excluding steroid dienone is 1. The van der Waals surface area contributed by atoms with Crippen molar-refractivity contribution in [3.8, 4) is 0 Å². The third kappa shape index (κ3) is 4.42. The summed E-state index contributed by atoms with van der Waals surface area (Å²) in [5, 5.41) is 11.1. The molecule has 138 valence electrons. The molecule has 0 aliphatic carbocycles. The molecule has 1 aliphatic rings. The van der Waals surface area contributed by atoms with Gasteiger partial charge in [-0.2, -0.15) is 0 Å². The summed E-state index contributed by atoms with van der Waals surface area (Å²) in [6, 6.07) is 16.1. The lowest BCUT2D eigenvalue weighted by atomic mass is 9.93. The van der Waals surface area contributed by atoms with Crippen LogP contribution in [0, 0.1) is 6.92 Å². The minimum atomic E-state index is -1.24. The molecule has 0 bridgehead atoms. The van der Waals surface area contributed by atoms with Gasteiger partial charge in [-0.05, 0) is 36.5 Å². The van der Waals surface area contributed by atoms with Gasteiger partial charge >= 0.3 is 0 Å². The highest BCUT2D eigenvalue weighted by atomic mass is 16.6. The Hall–Kier alpha value is -1.94. The van der Waals surface area contributed by atoms with Gasteiger partial charge in [0.05, 0.1) is 19.3 Å². The molecule has 0 amide bonds. The summed E-state index contributed by atoms with van der Waals surface area (Å²) < 4.78 is 11.8. The maximum Gasteiger partial charge on any atom is 0.193 e. The van der Waals surface area contributed by atoms with E-state index < -0.39 is 5.79 Å². The van der Waals surface area contributed by atoms with Gasteiger partial charge in [0.1, 0.15) is 0 Å². The smallest absolute Gasteiger partial charge is 0.193 e. The van der Waals surface area contributed by atoms with Crippen molar-refractivity contribution in [2.24, 2.45) is 0 Å². The van der Waals surface area contributed by atoms with Gasteiger partial charge in [-0.15, -0.1) is 0 Å². The number of rotatable bonds is 7. The molecule has 3 heteroatoms. The predicted octanol–water partition coefficient (Wildman–Crippen LogP) is 4.96. The molecule has 2 aromatic carbocycles. The second-order valence-corrected chi connectivity index (χ2v) is 6.91. The van der Waals surface area contributed by atoms with Crippen LogP contribution in [0.15, 0.2) is 54.6 Å². The number of benzene rings is 2. The summed E-state index contributed by atoms with van der Waals surface area (Å²) in [5.41, 5.74) is 4.20. The molecule has 1 heterocycles. The lowest BCUT2D eigenvalue weighted by Crippen LogP contribution is -2.28. The van der Waals surface area contributed by atoms with Crippen LogP contribution in [0.1, 0.15) is 48.4 Å². The van der Waals surface area contributed by atoms with Crippen molar-refractivity contribution in [3.05, 3.63) is 76.9 Å². The molecule has 0 saturated carbocycles. The van der Waals surface area contributed by atoms with Crippen molar-refractivity contribution in [2.75, 3.05) is 6.61 Å². The van der Waals surface area contributed by atoms with E-state index in [1.54, 1.807) is 0 Å². The third-order valence-electron chi connectivity index (χ3n) is 4.85. The first kappa shape index (κ1) is 18.8. The van der Waals surface area contributed by atoms with Crippen LogP contribution in [-0.4, -0.2) is 17.8 Å². The van der Waals surface area contributed by atoms with Crippen LogP contribution in [0.4, 0.5) is 0 Å². The van der Waals surface area contributed by atoms with Crippen molar-refractivity contribution in [2.45, 2.75) is 51.6 Å². The van der Waals surface area contributed by atoms with E-state index in [-0.39, 0.29) is 6.10 Å². The summed E-state index contributed by atoms with van der Waals surface area (Å²) in [7, 11) is 0. The Morgan fingerprint density at radius 2 is 2.00 bits per heavy atom. The van der Waals surface area contributed by atoms with Crippen LogP contribution in [-0.2, 0) is 21.9 Å². The van der Waals surface area contributed by atoms with Crippen LogP contribution < -0.4 is 0 Å². The van der Waals surface area contributed by atoms with Crippen molar-refractivity contribution >= 4 is 6.08 Å². The van der Waals surface area contributed by atoms with Gasteiger partial charge in [0.2, 0.25) is 0 Å². The highest BCUT2D eigenvalue weighted by Crippen LogP contribution is 2.39. The van der Waals surface area contributed by atoms with Gasteiger partial charge in [-0.3, -0.25) is 0 Å². The summed E-state index contributed by atoms with van der Waals surface area (Å²) in [6.07, 6.45) is 6.45. The SMILES string of the molecule is CC/C=C\c1c(C)cccc1C1(O)CCC(COCc2ccccc2)O1. The summed E-state index contributed by atoms with van der Waals surface area (Å²) >= 11 is 0. The molecule has 26 heavy (non-hydrogen) atoms. The summed E-state index contributed by atoms with van der Waals surface area (Å²) in [6.45, 7) is 5.23. The fraction of sp³-hybridized carbons (Fsp3) is 0.391. The Balaban J connectivity index is 1.65. The van der Waals surface area contributed by atoms with Gasteiger partial charge in [0.15, 0.2) is 5.79 Å². The van der Waals surface area contributed by atoms with E-state index in [0.717, 1.165) is 35.1 Å². The van der Waals surface area contributed by atoms with Gasteiger partial charge in [0, 0.05) is 12.0 Å². The summed E-state index contributed by atoms with van der Waals surface area (Å²) in [4.78, 5) is 0. The van der Waals surface area contributed by atoms with Gasteiger partial charge in [-0.1, -0.05) is 67.6 Å². The van der Waals surface area contributed by atoms with E-state index in [4.69, 9.17) is 9.47 Å². The topological polar surface area (TPSA) is 38.7 Å². The molecule has 2 unspecified atom stereocenters. The lowest BCUT2D eigenvalue weighted by molar-refractivity contribution is -0.208. The zero-order valence-corrected chi connectivity index (χ0v) is 15.7. The van der Waals surface area contributed by atoms with Crippen molar-refractivity contribution < 1.29 is 14.6 Å². The fourth-order valence-corrected chi connectivity index (χ4v) is 3.43. The average molecular weight is 352 g/mol. The first-order valence-corrected chi connectivity index (χ1v) is 9.41. The Bertz CT molecular complexity index is 738. The second-order valence-electron chi connectivity index (χ2n) is 6.91. The minimum Gasteiger partial charge on any atom is -0.374 e. The molecule has 3 rings (SSSR count). The van der Waals surface area contributed by atoms with Crippen molar-refractivity contribution in [1.82, 2.24) is 0 Å². The van der Waals surface area contributed by atoms with E-state index in [9.17, 15) is 5.11 Å². The van der Waals surface area contributed by atoms with Crippen molar-refractivity contribution in [3.63, 3.8) is 0 Å². The lowest BCUT2D eigenvalue weighted by Gasteiger charge is -2.26. The van der Waals surface area contributed by atoms with Crippen molar-refractivity contribution in [1.29, 1.82) is 0 Å². The largest absolute Gasteiger partial charge is 0.374 e. The van der Waals surface area contributed by atoms with Gasteiger partial charge in [-0.25, -0.2) is 0 Å². The van der Waals surface area contributed by atoms with Crippen LogP contribution >= 0.6 is 0 Å². The Labute approximate surface area is 156 Å². The normalized spacial score (nSPS) is 23.0. The van der Waals surface area contributed by atoms with Crippen LogP contribution in [0.3, 0.4) is 0 Å². The highest BCUT2D eigenvalue weighted by molar-refractivity contribution is 5.59. The predicted molar refractivity (Wildman–Crippen MR) is 105 cm³/mol. The monoisotopic (exact) mass is 352 g/mol. The molecule has 1 fully saturated rings.